The van der Waals surface area contributed by atoms with E-state index in [0.29, 0.717) is 5.57 Å². The molecule has 0 amide bonds. The maximum absolute atomic E-state index is 7.73. The van der Waals surface area contributed by atoms with Crippen molar-refractivity contribution in [3.8, 4) is 6.07 Å². The summed E-state index contributed by atoms with van der Waals surface area (Å²) in [5, 5.41) is 7.73. The molecule has 0 rings (SSSR count). The highest BCUT2D eigenvalue weighted by Gasteiger charge is 1.49. The fourth-order valence-electron chi connectivity index (χ4n) is 0. The number of nitriles is 1. The highest BCUT2D eigenvalue weighted by Crippen LogP contribution is 1.73. The molecule has 0 aromatic rings. The highest BCUT2D eigenvalue weighted by atomic mass is 14.2. The lowest BCUT2D eigenvalue weighted by Crippen LogP contribution is -1.53. The minimum Gasteiger partial charge on any atom is -0.285 e. The minimum atomic E-state index is 0.310. The van der Waals surface area contributed by atoms with Crippen molar-refractivity contribution in [3.05, 3.63) is 19.1 Å². The summed E-state index contributed by atoms with van der Waals surface area (Å²) >= 11 is 0. The van der Waals surface area contributed by atoms with Crippen molar-refractivity contribution < 1.29 is 0 Å². The van der Waals surface area contributed by atoms with Gasteiger partial charge in [-0.05, 0) is 0 Å². The van der Waals surface area contributed by atoms with Crippen LogP contribution in [0.1, 0.15) is 0 Å². The Morgan fingerprint density at radius 3 is 2.20 bits per heavy atom. The van der Waals surface area contributed by atoms with Gasteiger partial charge >= 0.3 is 0 Å². The second-order valence-corrected chi connectivity index (χ2v) is 0.715. The van der Waals surface area contributed by atoms with Crippen LogP contribution in [0.4, 0.5) is 0 Å². The van der Waals surface area contributed by atoms with Gasteiger partial charge in [0.1, 0.15) is 0 Å². The van der Waals surface area contributed by atoms with Crippen LogP contribution < -0.4 is 0 Å². The first-order chi connectivity index (χ1) is 2.27. The van der Waals surface area contributed by atoms with Gasteiger partial charge in [-0.25, -0.2) is 0 Å². The van der Waals surface area contributed by atoms with Crippen LogP contribution in [0.3, 0.4) is 0 Å². The fraction of sp³-hybridized carbons (Fsp3) is 0. The van der Waals surface area contributed by atoms with Crippen molar-refractivity contribution in [3.63, 3.8) is 0 Å². The number of allylic oxidation sites excluding steroid dienone is 1. The van der Waals surface area contributed by atoms with E-state index in [2.05, 4.69) is 13.5 Å². The standard InChI is InChI=1S/C4H4N/c1-4(2)3-5/h1-2H2/q-1. The number of nitrogens with zero attached hydrogens (tertiary/aromatic N) is 1. The Hall–Kier alpha value is -0.900. The van der Waals surface area contributed by atoms with Crippen molar-refractivity contribution in [1.82, 2.24) is 0 Å². The summed E-state index contributed by atoms with van der Waals surface area (Å²) in [5.41, 5.74) is 0.310. The molecule has 0 saturated carbocycles. The largest absolute Gasteiger partial charge is 0.285 e. The topological polar surface area (TPSA) is 23.8 Å². The molecule has 0 aromatic carbocycles. The number of hydrogen-bond acceptors (Lipinski definition) is 1. The van der Waals surface area contributed by atoms with E-state index in [1.165, 1.54) is 0 Å². The molecule has 0 N–H and O–H groups in total. The first-order valence-electron chi connectivity index (χ1n) is 1.18. The van der Waals surface area contributed by atoms with Crippen LogP contribution in [-0.4, -0.2) is 0 Å². The van der Waals surface area contributed by atoms with Gasteiger partial charge in [0, 0.05) is 0 Å². The zero-order chi connectivity index (χ0) is 4.28. The van der Waals surface area contributed by atoms with E-state index < -0.39 is 0 Å². The Labute approximate surface area is 31.5 Å². The molecular formula is C4H4N-. The molecule has 0 aliphatic heterocycles. The van der Waals surface area contributed by atoms with Crippen molar-refractivity contribution in [2.45, 2.75) is 0 Å². The molecule has 1 heteroatoms. The summed E-state index contributed by atoms with van der Waals surface area (Å²) < 4.78 is 0. The second-order valence-electron chi connectivity index (χ2n) is 0.715. The predicted octanol–water partition coefficient (Wildman–Crippen LogP) is 0.900. The van der Waals surface area contributed by atoms with E-state index in [0.717, 1.165) is 0 Å². The molecule has 0 fully saturated rings. The van der Waals surface area contributed by atoms with Gasteiger partial charge in [-0.15, -0.1) is 5.57 Å². The molecular weight excluding hydrogens is 62.1 g/mol. The summed E-state index contributed by atoms with van der Waals surface area (Å²) in [4.78, 5) is 0. The van der Waals surface area contributed by atoms with Gasteiger partial charge in [-0.2, -0.15) is 13.5 Å². The third-order valence-corrected chi connectivity index (χ3v) is 0.158. The zero-order valence-electron chi connectivity index (χ0n) is 2.86. The van der Waals surface area contributed by atoms with Crippen LogP contribution in [0.5, 0.6) is 0 Å². The molecule has 0 saturated heterocycles. The lowest BCUT2D eigenvalue weighted by molar-refractivity contribution is 1.51. The van der Waals surface area contributed by atoms with Crippen LogP contribution in [0.25, 0.3) is 0 Å². The van der Waals surface area contributed by atoms with E-state index in [4.69, 9.17) is 5.26 Å². The van der Waals surface area contributed by atoms with E-state index in [1.807, 2.05) is 0 Å². The lowest BCUT2D eigenvalue weighted by Gasteiger charge is -1.77. The molecule has 0 aliphatic rings. The summed E-state index contributed by atoms with van der Waals surface area (Å²) in [6, 6.07) is 1.72. The Kier molecular flexibility index (Phi) is 1.17. The molecule has 0 unspecified atom stereocenters. The van der Waals surface area contributed by atoms with Crippen LogP contribution >= 0.6 is 0 Å². The summed E-state index contributed by atoms with van der Waals surface area (Å²) in [6.07, 6.45) is 0. The summed E-state index contributed by atoms with van der Waals surface area (Å²) in [5.74, 6) is 0. The molecule has 0 heterocycles. The van der Waals surface area contributed by atoms with Crippen molar-refractivity contribution in [1.29, 1.82) is 5.26 Å². The Balaban J connectivity index is 3.35. The first-order valence-corrected chi connectivity index (χ1v) is 1.18. The maximum atomic E-state index is 7.73. The average molecular weight is 66.1 g/mol. The van der Waals surface area contributed by atoms with Crippen molar-refractivity contribution in [2.24, 2.45) is 0 Å². The van der Waals surface area contributed by atoms with Crippen LogP contribution in [0, 0.1) is 18.3 Å². The molecule has 0 atom stereocenters. The zero-order valence-corrected chi connectivity index (χ0v) is 2.86. The Morgan fingerprint density at radius 1 is 2.00 bits per heavy atom. The van der Waals surface area contributed by atoms with Gasteiger partial charge in [-0.1, -0.05) is 6.07 Å². The van der Waals surface area contributed by atoms with Gasteiger partial charge in [0.05, 0.1) is 0 Å². The maximum Gasteiger partial charge on any atom is -0.0719 e. The van der Waals surface area contributed by atoms with Crippen LogP contribution in [0.2, 0.25) is 0 Å². The van der Waals surface area contributed by atoms with Gasteiger partial charge < -0.3 is 0 Å². The minimum absolute atomic E-state index is 0.310. The van der Waals surface area contributed by atoms with E-state index >= 15 is 0 Å². The normalized spacial score (nSPS) is 5.40. The quantitative estimate of drug-likeness (QED) is 0.304. The van der Waals surface area contributed by atoms with E-state index in [-0.39, 0.29) is 0 Å². The van der Waals surface area contributed by atoms with Gasteiger partial charge in [0.25, 0.3) is 0 Å². The highest BCUT2D eigenvalue weighted by molar-refractivity contribution is 5.17. The molecule has 0 radical (unpaired) electrons. The smallest absolute Gasteiger partial charge is 0.0719 e. The average Bonchev–Trinajstić information content (AvgIpc) is 1.38. The molecule has 26 valence electrons. The number of hydrogen-bond donors (Lipinski definition) is 0. The van der Waals surface area contributed by atoms with E-state index in [9.17, 15) is 0 Å². The first kappa shape index (κ1) is 4.10. The van der Waals surface area contributed by atoms with E-state index in [1.54, 1.807) is 6.07 Å². The Bertz CT molecular complexity index is 76.1. The monoisotopic (exact) mass is 66.0 g/mol. The predicted molar refractivity (Wildman–Crippen MR) is 20.1 cm³/mol. The molecule has 0 aliphatic carbocycles. The van der Waals surface area contributed by atoms with Gasteiger partial charge in [-0.3, -0.25) is 5.26 Å². The third kappa shape index (κ3) is 3.10. The van der Waals surface area contributed by atoms with Crippen molar-refractivity contribution in [2.75, 3.05) is 0 Å². The SMILES string of the molecule is C=C([CH2-])C#N. The molecule has 0 aromatic heterocycles. The second kappa shape index (κ2) is 1.42. The van der Waals surface area contributed by atoms with Crippen LogP contribution in [-0.2, 0) is 0 Å². The van der Waals surface area contributed by atoms with Crippen LogP contribution in [0.15, 0.2) is 12.2 Å². The number of rotatable bonds is 0. The van der Waals surface area contributed by atoms with Gasteiger partial charge in [0.2, 0.25) is 0 Å². The fourth-order valence-corrected chi connectivity index (χ4v) is 0. The molecule has 0 spiro atoms. The molecule has 5 heavy (non-hydrogen) atoms. The van der Waals surface area contributed by atoms with Crippen molar-refractivity contribution >= 4 is 0 Å². The Morgan fingerprint density at radius 2 is 2.20 bits per heavy atom. The third-order valence-electron chi connectivity index (χ3n) is 0.158. The lowest BCUT2D eigenvalue weighted by atomic mass is 10.4. The molecule has 0 bridgehead atoms. The summed E-state index contributed by atoms with van der Waals surface area (Å²) in [6.45, 7) is 6.40. The summed E-state index contributed by atoms with van der Waals surface area (Å²) in [7, 11) is 0. The molecule has 1 nitrogen and oxygen atoms in total. The van der Waals surface area contributed by atoms with Gasteiger partial charge in [0.15, 0.2) is 0 Å².